The molecule has 0 atom stereocenters. The summed E-state index contributed by atoms with van der Waals surface area (Å²) in [6.45, 7) is 0. The van der Waals surface area contributed by atoms with Gasteiger partial charge in [0.1, 0.15) is 0 Å². The van der Waals surface area contributed by atoms with Crippen molar-refractivity contribution in [2.45, 2.75) is 24.9 Å². The Morgan fingerprint density at radius 2 is 2.00 bits per heavy atom. The molecule has 3 N–H and O–H groups in total. The molecule has 0 aromatic carbocycles. The highest BCUT2D eigenvalue weighted by Crippen LogP contribution is 2.26. The lowest BCUT2D eigenvalue weighted by molar-refractivity contribution is 0.371. The first-order chi connectivity index (χ1) is 12.3. The van der Waals surface area contributed by atoms with Gasteiger partial charge in [0.2, 0.25) is 5.95 Å². The number of anilines is 1. The van der Waals surface area contributed by atoms with E-state index in [0.717, 1.165) is 40.6 Å². The van der Waals surface area contributed by atoms with E-state index in [-0.39, 0.29) is 0 Å². The van der Waals surface area contributed by atoms with Gasteiger partial charge in [0.25, 0.3) is 0 Å². The lowest BCUT2D eigenvalue weighted by Gasteiger charge is -2.32. The van der Waals surface area contributed by atoms with E-state index in [1.54, 1.807) is 6.20 Å². The van der Waals surface area contributed by atoms with Gasteiger partial charge in [-0.3, -0.25) is 4.98 Å². The maximum atomic E-state index is 5.82. The maximum absolute atomic E-state index is 5.82. The van der Waals surface area contributed by atoms with Crippen LogP contribution in [0.1, 0.15) is 12.8 Å². The topological polar surface area (TPSA) is 94.0 Å². The van der Waals surface area contributed by atoms with Gasteiger partial charge in [0, 0.05) is 30.0 Å². The lowest BCUT2D eigenvalue weighted by Crippen LogP contribution is -2.44. The van der Waals surface area contributed by atoms with Gasteiger partial charge < -0.3 is 11.1 Å². The van der Waals surface area contributed by atoms with Gasteiger partial charge in [0.15, 0.2) is 0 Å². The minimum Gasteiger partial charge on any atom is -0.350 e. The minimum atomic E-state index is 0.299. The molecule has 0 saturated heterocycles. The van der Waals surface area contributed by atoms with E-state index >= 15 is 0 Å². The molecule has 0 bridgehead atoms. The third kappa shape index (κ3) is 2.49. The van der Waals surface area contributed by atoms with E-state index in [2.05, 4.69) is 20.4 Å². The molecule has 7 heteroatoms. The second-order valence-electron chi connectivity index (χ2n) is 6.45. The Bertz CT molecular complexity index is 1070. The van der Waals surface area contributed by atoms with Crippen LogP contribution in [0.3, 0.4) is 0 Å². The van der Waals surface area contributed by atoms with Crippen molar-refractivity contribution < 1.29 is 0 Å². The molecule has 0 unspecified atom stereocenters. The van der Waals surface area contributed by atoms with Crippen LogP contribution in [0, 0.1) is 0 Å². The minimum absolute atomic E-state index is 0.299. The van der Waals surface area contributed by atoms with Crippen LogP contribution in [0.2, 0.25) is 0 Å². The number of pyridine rings is 2. The average molecular weight is 331 g/mol. The first-order valence-corrected chi connectivity index (χ1v) is 8.35. The zero-order valence-corrected chi connectivity index (χ0v) is 13.5. The molecule has 1 aliphatic rings. The molecule has 1 saturated carbocycles. The smallest absolute Gasteiger partial charge is 0.241 e. The summed E-state index contributed by atoms with van der Waals surface area (Å²) in [6.07, 6.45) is 7.47. The number of nitrogens with two attached hydrogens (primary N) is 1. The molecule has 0 spiro atoms. The average Bonchev–Trinajstić information content (AvgIpc) is 3.03. The molecule has 4 aromatic heterocycles. The number of nitrogens with one attached hydrogen (secondary N) is 1. The summed E-state index contributed by atoms with van der Waals surface area (Å²) in [4.78, 5) is 13.5. The number of fused-ring (bicyclic) bond motifs is 2. The predicted molar refractivity (Wildman–Crippen MR) is 96.1 cm³/mol. The van der Waals surface area contributed by atoms with Gasteiger partial charge >= 0.3 is 0 Å². The van der Waals surface area contributed by atoms with Crippen LogP contribution in [0.15, 0.2) is 48.9 Å². The van der Waals surface area contributed by atoms with Crippen LogP contribution in [0.5, 0.6) is 0 Å². The number of aromatic nitrogens is 5. The highest BCUT2D eigenvalue weighted by Gasteiger charge is 2.26. The highest BCUT2D eigenvalue weighted by atomic mass is 15.3. The summed E-state index contributed by atoms with van der Waals surface area (Å²) in [6, 6.07) is 10.5. The maximum Gasteiger partial charge on any atom is 0.241 e. The van der Waals surface area contributed by atoms with Crippen molar-refractivity contribution in [1.29, 1.82) is 0 Å². The zero-order valence-electron chi connectivity index (χ0n) is 13.5. The first-order valence-electron chi connectivity index (χ1n) is 8.35. The Morgan fingerprint density at radius 1 is 1.08 bits per heavy atom. The molecule has 5 rings (SSSR count). The van der Waals surface area contributed by atoms with E-state index in [9.17, 15) is 0 Å². The quantitative estimate of drug-likeness (QED) is 0.598. The van der Waals surface area contributed by atoms with Crippen molar-refractivity contribution in [1.82, 2.24) is 24.6 Å². The van der Waals surface area contributed by atoms with Crippen molar-refractivity contribution in [3.05, 3.63) is 48.9 Å². The van der Waals surface area contributed by atoms with Gasteiger partial charge in [-0.05, 0) is 43.2 Å². The van der Waals surface area contributed by atoms with Crippen LogP contribution in [0.4, 0.5) is 5.95 Å². The monoisotopic (exact) mass is 331 g/mol. The van der Waals surface area contributed by atoms with Crippen molar-refractivity contribution in [2.24, 2.45) is 5.73 Å². The van der Waals surface area contributed by atoms with E-state index in [1.165, 1.54) is 0 Å². The molecule has 1 aliphatic carbocycles. The Labute approximate surface area is 143 Å². The third-order valence-corrected chi connectivity index (χ3v) is 4.66. The van der Waals surface area contributed by atoms with E-state index in [1.807, 2.05) is 47.2 Å². The summed E-state index contributed by atoms with van der Waals surface area (Å²) in [5.41, 5.74) is 10.4. The standard InChI is InChI=1S/C18H17N7/c19-11-8-12(9-11)22-18-21-10-17-13(5-7-25(17)24-18)14-3-4-15-16(23-14)2-1-6-20-15/h1-7,10-12H,8-9,19H2,(H,22,24)/t11-,12+. The van der Waals surface area contributed by atoms with Gasteiger partial charge in [-0.15, -0.1) is 5.10 Å². The van der Waals surface area contributed by atoms with Crippen LogP contribution in [-0.4, -0.2) is 36.6 Å². The van der Waals surface area contributed by atoms with Crippen LogP contribution in [0.25, 0.3) is 27.8 Å². The second-order valence-corrected chi connectivity index (χ2v) is 6.45. The van der Waals surface area contributed by atoms with Crippen molar-refractivity contribution in [3.63, 3.8) is 0 Å². The number of nitrogens with zero attached hydrogens (tertiary/aromatic N) is 5. The molecule has 0 amide bonds. The molecule has 4 aromatic rings. The Kier molecular flexibility index (Phi) is 3.14. The van der Waals surface area contributed by atoms with E-state index in [0.29, 0.717) is 18.0 Å². The summed E-state index contributed by atoms with van der Waals surface area (Å²) in [5.74, 6) is 0.627. The van der Waals surface area contributed by atoms with Crippen LogP contribution < -0.4 is 11.1 Å². The SMILES string of the molecule is N[C@H]1C[C@@H](Nc2ncc3c(-c4ccc5ncccc5n4)ccn3n2)C1. The molecular weight excluding hydrogens is 314 g/mol. The van der Waals surface area contributed by atoms with Gasteiger partial charge in [-0.25, -0.2) is 14.5 Å². The van der Waals surface area contributed by atoms with E-state index in [4.69, 9.17) is 10.7 Å². The van der Waals surface area contributed by atoms with Gasteiger partial charge in [-0.2, -0.15) is 0 Å². The zero-order chi connectivity index (χ0) is 16.8. The fourth-order valence-electron chi connectivity index (χ4n) is 3.25. The Hall–Kier alpha value is -3.06. The number of hydrogen-bond donors (Lipinski definition) is 2. The fraction of sp³-hybridized carbons (Fsp3) is 0.222. The second kappa shape index (κ2) is 5.49. The van der Waals surface area contributed by atoms with Gasteiger partial charge in [0.05, 0.1) is 28.4 Å². The third-order valence-electron chi connectivity index (χ3n) is 4.66. The summed E-state index contributed by atoms with van der Waals surface area (Å²) in [7, 11) is 0. The summed E-state index contributed by atoms with van der Waals surface area (Å²) >= 11 is 0. The Balaban J connectivity index is 1.50. The van der Waals surface area contributed by atoms with Crippen LogP contribution in [-0.2, 0) is 0 Å². The predicted octanol–water partition coefficient (Wildman–Crippen LogP) is 2.24. The largest absolute Gasteiger partial charge is 0.350 e. The van der Waals surface area contributed by atoms with Gasteiger partial charge in [-0.1, -0.05) is 0 Å². The molecule has 124 valence electrons. The number of rotatable bonds is 3. The summed E-state index contributed by atoms with van der Waals surface area (Å²) in [5, 5.41) is 7.87. The Morgan fingerprint density at radius 3 is 2.88 bits per heavy atom. The summed E-state index contributed by atoms with van der Waals surface area (Å²) < 4.78 is 1.83. The molecule has 1 fully saturated rings. The lowest BCUT2D eigenvalue weighted by atomic mass is 9.88. The van der Waals surface area contributed by atoms with Crippen molar-refractivity contribution in [2.75, 3.05) is 5.32 Å². The molecule has 4 heterocycles. The molecule has 0 aliphatic heterocycles. The molecule has 25 heavy (non-hydrogen) atoms. The first kappa shape index (κ1) is 14.3. The van der Waals surface area contributed by atoms with Crippen molar-refractivity contribution >= 4 is 22.5 Å². The number of hydrogen-bond acceptors (Lipinski definition) is 6. The van der Waals surface area contributed by atoms with Crippen molar-refractivity contribution in [3.8, 4) is 11.3 Å². The molecular formula is C18H17N7. The van der Waals surface area contributed by atoms with Crippen LogP contribution >= 0.6 is 0 Å². The normalized spacial score (nSPS) is 19.9. The molecule has 0 radical (unpaired) electrons. The molecule has 7 nitrogen and oxygen atoms in total. The fourth-order valence-corrected chi connectivity index (χ4v) is 3.25. The van der Waals surface area contributed by atoms with E-state index < -0.39 is 0 Å². The highest BCUT2D eigenvalue weighted by molar-refractivity contribution is 5.83.